The van der Waals surface area contributed by atoms with Gasteiger partial charge in [-0.1, -0.05) is 51.4 Å². The van der Waals surface area contributed by atoms with E-state index < -0.39 is 17.1 Å². The van der Waals surface area contributed by atoms with Crippen molar-refractivity contribution in [3.63, 3.8) is 0 Å². The largest absolute Gasteiger partial charge is 0.336 e. The number of carbonyl (C=O) groups excluding carboxylic acids is 3. The molecular formula is C26H40N6O6. The minimum Gasteiger partial charge on any atom is -0.247 e. The Bertz CT molecular complexity index is 1060. The van der Waals surface area contributed by atoms with Crippen LogP contribution in [0.25, 0.3) is 0 Å². The number of hydrogen-bond donors (Lipinski definition) is 0. The molecule has 0 amide bonds. The summed E-state index contributed by atoms with van der Waals surface area (Å²) in [5, 5.41) is 0. The van der Waals surface area contributed by atoms with E-state index >= 15 is 0 Å². The molecule has 210 valence electrons. The minimum absolute atomic E-state index is 0.226. The monoisotopic (exact) mass is 532 g/mol. The molecule has 0 aromatic carbocycles. The summed E-state index contributed by atoms with van der Waals surface area (Å²) in [6, 6.07) is 0. The molecule has 0 spiro atoms. The Hall–Kier alpha value is -3.45. The third-order valence-electron chi connectivity index (χ3n) is 6.28. The van der Waals surface area contributed by atoms with Gasteiger partial charge in [-0.25, -0.2) is 57.4 Å². The van der Waals surface area contributed by atoms with Gasteiger partial charge >= 0.3 is 17.1 Å². The molecule has 0 N–H and O–H groups in total. The van der Waals surface area contributed by atoms with Gasteiger partial charge in [0.1, 0.15) is 0 Å². The Labute approximate surface area is 222 Å². The fraction of sp³-hybridized carbons (Fsp3) is 0.769. The lowest BCUT2D eigenvalue weighted by Gasteiger charge is -2.14. The van der Waals surface area contributed by atoms with E-state index in [2.05, 4.69) is 15.0 Å². The van der Waals surface area contributed by atoms with E-state index in [0.29, 0.717) is 38.9 Å². The number of unbranched alkanes of at least 4 members (excludes halogenated alkanes) is 11. The smallest absolute Gasteiger partial charge is 0.247 e. The highest BCUT2D eigenvalue weighted by molar-refractivity contribution is 5.33. The van der Waals surface area contributed by atoms with Crippen molar-refractivity contribution in [3.05, 3.63) is 31.5 Å². The molecule has 0 aliphatic carbocycles. The van der Waals surface area contributed by atoms with Gasteiger partial charge in [0.25, 0.3) is 0 Å². The fourth-order valence-corrected chi connectivity index (χ4v) is 4.19. The zero-order chi connectivity index (χ0) is 27.8. The molecular weight excluding hydrogens is 492 g/mol. The number of isocyanates is 3. The molecule has 1 heterocycles. The topological polar surface area (TPSA) is 154 Å². The summed E-state index contributed by atoms with van der Waals surface area (Å²) >= 11 is 0. The third-order valence-corrected chi connectivity index (χ3v) is 6.28. The van der Waals surface area contributed by atoms with Crippen LogP contribution in [0.3, 0.4) is 0 Å². The molecule has 12 nitrogen and oxygen atoms in total. The maximum absolute atomic E-state index is 13.1. The van der Waals surface area contributed by atoms with Crippen LogP contribution in [0.1, 0.15) is 89.9 Å². The van der Waals surface area contributed by atoms with E-state index in [1.807, 2.05) is 0 Å². The second kappa shape index (κ2) is 21.6. The highest BCUT2D eigenvalue weighted by Crippen LogP contribution is 2.05. The maximum Gasteiger partial charge on any atom is 0.336 e. The average Bonchev–Trinajstić information content (AvgIpc) is 2.91. The van der Waals surface area contributed by atoms with Crippen molar-refractivity contribution in [2.24, 2.45) is 15.0 Å². The van der Waals surface area contributed by atoms with E-state index in [9.17, 15) is 28.8 Å². The first-order valence-corrected chi connectivity index (χ1v) is 13.6. The molecule has 38 heavy (non-hydrogen) atoms. The SMILES string of the molecule is O=C=NCCCCCCCn1c(=O)n(CCCCCCCN=C=O)c(=O)n(CCCCCCN=C=O)c1=O. The van der Waals surface area contributed by atoms with Gasteiger partial charge in [-0.15, -0.1) is 0 Å². The van der Waals surface area contributed by atoms with Crippen LogP contribution in [-0.4, -0.2) is 51.6 Å². The second-order valence-corrected chi connectivity index (χ2v) is 9.17. The van der Waals surface area contributed by atoms with Crippen LogP contribution in [0.2, 0.25) is 0 Å². The lowest BCUT2D eigenvalue weighted by molar-refractivity contribution is 0.412. The molecule has 0 unspecified atom stereocenters. The summed E-state index contributed by atoms with van der Waals surface area (Å²) < 4.78 is 3.52. The first kappa shape index (κ1) is 32.6. The number of rotatable bonds is 23. The van der Waals surface area contributed by atoms with E-state index in [0.717, 1.165) is 70.6 Å². The molecule has 1 aromatic rings. The molecule has 1 aromatic heterocycles. The zero-order valence-electron chi connectivity index (χ0n) is 22.3. The Kier molecular flexibility index (Phi) is 18.5. The summed E-state index contributed by atoms with van der Waals surface area (Å²) in [5.41, 5.74) is -1.71. The quantitative estimate of drug-likeness (QED) is 0.120. The molecule has 0 radical (unpaired) electrons. The lowest BCUT2D eigenvalue weighted by Crippen LogP contribution is -2.54. The van der Waals surface area contributed by atoms with Crippen LogP contribution in [0, 0.1) is 0 Å². The summed E-state index contributed by atoms with van der Waals surface area (Å²) in [5.74, 6) is 0. The fourth-order valence-electron chi connectivity index (χ4n) is 4.19. The van der Waals surface area contributed by atoms with Gasteiger partial charge in [-0.3, -0.25) is 0 Å². The van der Waals surface area contributed by atoms with Gasteiger partial charge in [0, 0.05) is 19.6 Å². The first-order chi connectivity index (χ1) is 18.6. The van der Waals surface area contributed by atoms with Crippen molar-refractivity contribution in [1.82, 2.24) is 13.7 Å². The van der Waals surface area contributed by atoms with Crippen LogP contribution >= 0.6 is 0 Å². The predicted octanol–water partition coefficient (Wildman–Crippen LogP) is 2.64. The predicted molar refractivity (Wildman–Crippen MR) is 143 cm³/mol. The maximum atomic E-state index is 13.1. The van der Waals surface area contributed by atoms with Crippen molar-refractivity contribution in [1.29, 1.82) is 0 Å². The standard InChI is InChI=1S/C26H40N6O6/c33-21-27-15-9-3-1-6-12-18-30-24(36)31(19-13-7-2-4-10-16-28-22-34)26(38)32(25(30)37)20-14-8-5-11-17-29-23-35/h1-20H2. The Morgan fingerprint density at radius 3 is 0.895 bits per heavy atom. The Morgan fingerprint density at radius 1 is 0.395 bits per heavy atom. The molecule has 1 rings (SSSR count). The van der Waals surface area contributed by atoms with Crippen molar-refractivity contribution in [3.8, 4) is 0 Å². The van der Waals surface area contributed by atoms with Crippen LogP contribution in [0.15, 0.2) is 29.4 Å². The Balaban J connectivity index is 2.83. The van der Waals surface area contributed by atoms with Crippen molar-refractivity contribution < 1.29 is 14.4 Å². The van der Waals surface area contributed by atoms with Gasteiger partial charge < -0.3 is 0 Å². The van der Waals surface area contributed by atoms with E-state index in [-0.39, 0.29) is 19.6 Å². The summed E-state index contributed by atoms with van der Waals surface area (Å²) in [4.78, 5) is 80.2. The molecule has 0 aliphatic heterocycles. The van der Waals surface area contributed by atoms with E-state index in [1.54, 1.807) is 0 Å². The first-order valence-electron chi connectivity index (χ1n) is 13.6. The zero-order valence-corrected chi connectivity index (χ0v) is 22.3. The molecule has 12 heteroatoms. The van der Waals surface area contributed by atoms with Crippen molar-refractivity contribution >= 4 is 18.2 Å². The number of aromatic nitrogens is 3. The molecule has 0 aliphatic rings. The number of nitrogens with zero attached hydrogens (tertiary/aromatic N) is 6. The summed E-state index contributed by atoms with van der Waals surface area (Å²) in [7, 11) is 0. The Morgan fingerprint density at radius 2 is 0.632 bits per heavy atom. The summed E-state index contributed by atoms with van der Waals surface area (Å²) in [6.45, 7) is 2.03. The normalized spacial score (nSPS) is 10.4. The van der Waals surface area contributed by atoms with Crippen molar-refractivity contribution in [2.45, 2.75) is 110 Å². The van der Waals surface area contributed by atoms with Gasteiger partial charge in [-0.05, 0) is 38.5 Å². The van der Waals surface area contributed by atoms with Gasteiger partial charge in [0.15, 0.2) is 0 Å². The van der Waals surface area contributed by atoms with E-state index in [1.165, 1.54) is 31.9 Å². The number of hydrogen-bond acceptors (Lipinski definition) is 9. The number of aliphatic imine (C=N–C) groups is 3. The van der Waals surface area contributed by atoms with Crippen LogP contribution in [0.5, 0.6) is 0 Å². The van der Waals surface area contributed by atoms with Crippen LogP contribution in [-0.2, 0) is 34.0 Å². The molecule has 0 saturated heterocycles. The lowest BCUT2D eigenvalue weighted by atomic mass is 10.1. The van der Waals surface area contributed by atoms with Crippen LogP contribution in [0.4, 0.5) is 0 Å². The molecule has 0 saturated carbocycles. The highest BCUT2D eigenvalue weighted by Gasteiger charge is 2.15. The molecule has 0 fully saturated rings. The van der Waals surface area contributed by atoms with Gasteiger partial charge in [0.05, 0.1) is 19.6 Å². The van der Waals surface area contributed by atoms with E-state index in [4.69, 9.17) is 0 Å². The van der Waals surface area contributed by atoms with Gasteiger partial charge in [-0.2, -0.15) is 0 Å². The molecule has 0 bridgehead atoms. The van der Waals surface area contributed by atoms with Crippen molar-refractivity contribution in [2.75, 3.05) is 19.6 Å². The van der Waals surface area contributed by atoms with Gasteiger partial charge in [0.2, 0.25) is 18.2 Å². The molecule has 0 atom stereocenters. The summed E-state index contributed by atoms with van der Waals surface area (Å²) in [6.07, 6.45) is 15.5. The minimum atomic E-state index is -0.571. The van der Waals surface area contributed by atoms with Crippen LogP contribution < -0.4 is 17.1 Å². The second-order valence-electron chi connectivity index (χ2n) is 9.17. The highest BCUT2D eigenvalue weighted by atomic mass is 16.2. The third kappa shape index (κ3) is 13.2. The average molecular weight is 533 g/mol.